The molecule has 1 saturated heterocycles. The van der Waals surface area contributed by atoms with Gasteiger partial charge in [0.25, 0.3) is 10.0 Å². The molecule has 0 spiro atoms. The standard InChI is InChI=1S/C19H19ClN2O5S2/c1-2-26-16-10-13(11-21)9-15(20)18(16)27-19(23)14-5-3-7-22(12-14)29(24,25)17-6-4-8-28-17/h4,6,8-10,14H,2-3,5,7,12H2,1H3. The third-order valence-corrected chi connectivity index (χ3v) is 7.97. The molecule has 0 N–H and O–H groups in total. The minimum Gasteiger partial charge on any atom is -0.490 e. The highest BCUT2D eigenvalue weighted by Gasteiger charge is 2.35. The molecule has 1 aromatic heterocycles. The molecule has 1 fully saturated rings. The van der Waals surface area contributed by atoms with Crippen molar-refractivity contribution < 1.29 is 22.7 Å². The van der Waals surface area contributed by atoms with Crippen LogP contribution in [0.4, 0.5) is 0 Å². The van der Waals surface area contributed by atoms with Gasteiger partial charge in [0.05, 0.1) is 29.2 Å². The van der Waals surface area contributed by atoms with Crippen LogP contribution in [0, 0.1) is 17.2 Å². The van der Waals surface area contributed by atoms with Gasteiger partial charge in [0, 0.05) is 19.2 Å². The van der Waals surface area contributed by atoms with Crippen molar-refractivity contribution in [3.8, 4) is 17.6 Å². The fourth-order valence-corrected chi connectivity index (χ4v) is 5.99. The molecule has 2 aromatic rings. The van der Waals surface area contributed by atoms with Crippen molar-refractivity contribution in [1.29, 1.82) is 5.26 Å². The number of ether oxygens (including phenoxy) is 2. The van der Waals surface area contributed by atoms with E-state index in [-0.39, 0.29) is 32.8 Å². The third kappa shape index (κ3) is 4.73. The summed E-state index contributed by atoms with van der Waals surface area (Å²) in [6, 6.07) is 8.03. The van der Waals surface area contributed by atoms with Crippen LogP contribution >= 0.6 is 22.9 Å². The molecule has 0 bridgehead atoms. The predicted octanol–water partition coefficient (Wildman–Crippen LogP) is 3.68. The van der Waals surface area contributed by atoms with Gasteiger partial charge in [-0.05, 0) is 37.3 Å². The number of nitriles is 1. The molecule has 10 heteroatoms. The Bertz CT molecular complexity index is 1030. The van der Waals surface area contributed by atoms with Crippen molar-refractivity contribution in [2.45, 2.75) is 24.0 Å². The molecule has 1 aliphatic heterocycles. The average Bonchev–Trinajstić information content (AvgIpc) is 3.26. The van der Waals surface area contributed by atoms with Gasteiger partial charge in [-0.1, -0.05) is 17.7 Å². The van der Waals surface area contributed by atoms with Crippen LogP contribution in [-0.2, 0) is 14.8 Å². The number of esters is 1. The second-order valence-electron chi connectivity index (χ2n) is 6.39. The third-order valence-electron chi connectivity index (χ3n) is 4.45. The number of halogens is 1. The highest BCUT2D eigenvalue weighted by Crippen LogP contribution is 2.37. The molecular formula is C19H19ClN2O5S2. The number of rotatable bonds is 6. The van der Waals surface area contributed by atoms with Crippen LogP contribution in [0.15, 0.2) is 33.9 Å². The number of carbonyl (C=O) groups is 1. The number of carbonyl (C=O) groups excluding carboxylic acids is 1. The summed E-state index contributed by atoms with van der Waals surface area (Å²) in [5.41, 5.74) is 0.282. The van der Waals surface area contributed by atoms with Gasteiger partial charge in [0.15, 0.2) is 11.5 Å². The molecular weight excluding hydrogens is 436 g/mol. The van der Waals surface area contributed by atoms with E-state index in [2.05, 4.69) is 0 Å². The molecule has 7 nitrogen and oxygen atoms in total. The molecule has 0 aliphatic carbocycles. The Balaban J connectivity index is 1.79. The Hall–Kier alpha value is -2.12. The summed E-state index contributed by atoms with van der Waals surface area (Å²) >= 11 is 7.33. The maximum absolute atomic E-state index is 12.8. The van der Waals surface area contributed by atoms with Gasteiger partial charge < -0.3 is 9.47 Å². The molecule has 0 radical (unpaired) electrons. The van der Waals surface area contributed by atoms with Gasteiger partial charge >= 0.3 is 5.97 Å². The summed E-state index contributed by atoms with van der Waals surface area (Å²) in [5, 5.41) is 10.9. The van der Waals surface area contributed by atoms with Gasteiger partial charge in [-0.3, -0.25) is 4.79 Å². The van der Waals surface area contributed by atoms with Gasteiger partial charge in [0.1, 0.15) is 4.21 Å². The second-order valence-corrected chi connectivity index (χ2v) is 9.91. The number of benzene rings is 1. The van der Waals surface area contributed by atoms with Gasteiger partial charge in [-0.15, -0.1) is 11.3 Å². The summed E-state index contributed by atoms with van der Waals surface area (Å²) in [6.45, 7) is 2.45. The topological polar surface area (TPSA) is 96.7 Å². The molecule has 3 rings (SSSR count). The first-order chi connectivity index (χ1) is 13.9. The lowest BCUT2D eigenvalue weighted by atomic mass is 10.00. The van der Waals surface area contributed by atoms with Crippen LogP contribution in [0.25, 0.3) is 0 Å². The Kier molecular flexibility index (Phi) is 6.80. The van der Waals surface area contributed by atoms with Crippen molar-refractivity contribution in [1.82, 2.24) is 4.31 Å². The van der Waals surface area contributed by atoms with Crippen molar-refractivity contribution in [2.24, 2.45) is 5.92 Å². The molecule has 0 amide bonds. The fourth-order valence-electron chi connectivity index (χ4n) is 3.07. The molecule has 1 atom stereocenters. The van der Waals surface area contributed by atoms with Crippen LogP contribution < -0.4 is 9.47 Å². The van der Waals surface area contributed by atoms with Gasteiger partial charge in [-0.25, -0.2) is 8.42 Å². The molecule has 1 aliphatic rings. The molecule has 0 saturated carbocycles. The lowest BCUT2D eigenvalue weighted by molar-refractivity contribution is -0.140. The van der Waals surface area contributed by atoms with E-state index in [0.717, 1.165) is 11.3 Å². The van der Waals surface area contributed by atoms with Crippen molar-refractivity contribution >= 4 is 38.9 Å². The maximum atomic E-state index is 12.8. The molecule has 154 valence electrons. The number of hydrogen-bond donors (Lipinski definition) is 0. The van der Waals surface area contributed by atoms with Crippen LogP contribution in [0.3, 0.4) is 0 Å². The zero-order chi connectivity index (χ0) is 21.0. The quantitative estimate of drug-likeness (QED) is 0.488. The Morgan fingerprint density at radius 3 is 2.90 bits per heavy atom. The summed E-state index contributed by atoms with van der Waals surface area (Å²) in [7, 11) is -3.63. The van der Waals surface area contributed by atoms with E-state index in [1.807, 2.05) is 6.07 Å². The first-order valence-corrected chi connectivity index (χ1v) is 11.7. The van der Waals surface area contributed by atoms with Gasteiger partial charge in [-0.2, -0.15) is 9.57 Å². The Morgan fingerprint density at radius 2 is 2.24 bits per heavy atom. The normalized spacial score (nSPS) is 17.5. The maximum Gasteiger partial charge on any atom is 0.315 e. The lowest BCUT2D eigenvalue weighted by Gasteiger charge is -2.30. The van der Waals surface area contributed by atoms with E-state index in [1.54, 1.807) is 24.4 Å². The Labute approximate surface area is 178 Å². The van der Waals surface area contributed by atoms with E-state index in [4.69, 9.17) is 26.3 Å². The monoisotopic (exact) mass is 454 g/mol. The van der Waals surface area contributed by atoms with Crippen LogP contribution in [0.2, 0.25) is 5.02 Å². The van der Waals surface area contributed by atoms with Crippen molar-refractivity contribution in [3.63, 3.8) is 0 Å². The van der Waals surface area contributed by atoms with E-state index >= 15 is 0 Å². The largest absolute Gasteiger partial charge is 0.490 e. The van der Waals surface area contributed by atoms with E-state index in [9.17, 15) is 13.2 Å². The average molecular weight is 455 g/mol. The first kappa shape index (κ1) is 21.6. The van der Waals surface area contributed by atoms with E-state index < -0.39 is 21.9 Å². The summed E-state index contributed by atoms with van der Waals surface area (Å²) in [4.78, 5) is 12.8. The Morgan fingerprint density at radius 1 is 1.45 bits per heavy atom. The molecule has 1 unspecified atom stereocenters. The molecule has 2 heterocycles. The molecule has 1 aromatic carbocycles. The van der Waals surface area contributed by atoms with Crippen molar-refractivity contribution in [2.75, 3.05) is 19.7 Å². The molecule has 29 heavy (non-hydrogen) atoms. The number of hydrogen-bond acceptors (Lipinski definition) is 7. The lowest BCUT2D eigenvalue weighted by Crippen LogP contribution is -2.43. The zero-order valence-electron chi connectivity index (χ0n) is 15.6. The highest BCUT2D eigenvalue weighted by molar-refractivity contribution is 7.91. The summed E-state index contributed by atoms with van der Waals surface area (Å²) in [6.07, 6.45) is 1.05. The highest BCUT2D eigenvalue weighted by atomic mass is 35.5. The first-order valence-electron chi connectivity index (χ1n) is 8.98. The number of sulfonamides is 1. The number of nitrogens with zero attached hydrogens (tertiary/aromatic N) is 2. The minimum atomic E-state index is -3.63. The SMILES string of the molecule is CCOc1cc(C#N)cc(Cl)c1OC(=O)C1CCCN(S(=O)(=O)c2cccs2)C1. The smallest absolute Gasteiger partial charge is 0.315 e. The van der Waals surface area contributed by atoms with E-state index in [1.165, 1.54) is 16.4 Å². The zero-order valence-corrected chi connectivity index (χ0v) is 18.0. The van der Waals surface area contributed by atoms with E-state index in [0.29, 0.717) is 26.0 Å². The van der Waals surface area contributed by atoms with Gasteiger partial charge in [0.2, 0.25) is 0 Å². The predicted molar refractivity (Wildman–Crippen MR) is 109 cm³/mol. The summed E-state index contributed by atoms with van der Waals surface area (Å²) < 4.78 is 38.0. The summed E-state index contributed by atoms with van der Waals surface area (Å²) in [5.74, 6) is -0.970. The fraction of sp³-hybridized carbons (Fsp3) is 0.368. The minimum absolute atomic E-state index is 0.0377. The van der Waals surface area contributed by atoms with Crippen LogP contribution in [0.5, 0.6) is 11.5 Å². The van der Waals surface area contributed by atoms with Crippen LogP contribution in [0.1, 0.15) is 25.3 Å². The second kappa shape index (κ2) is 9.13. The number of piperidine rings is 1. The number of thiophene rings is 1. The van der Waals surface area contributed by atoms with Crippen molar-refractivity contribution in [3.05, 3.63) is 40.2 Å². The van der Waals surface area contributed by atoms with Crippen LogP contribution in [-0.4, -0.2) is 38.4 Å².